The lowest BCUT2D eigenvalue weighted by Gasteiger charge is -2.12. The zero-order valence-corrected chi connectivity index (χ0v) is 13.2. The lowest BCUT2D eigenvalue weighted by Crippen LogP contribution is -2.04. The molecule has 0 amide bonds. The highest BCUT2D eigenvalue weighted by Crippen LogP contribution is 2.29. The molecule has 0 aliphatic carbocycles. The van der Waals surface area contributed by atoms with Crippen LogP contribution in [0.1, 0.15) is 33.4 Å². The van der Waals surface area contributed by atoms with E-state index in [9.17, 15) is 13.2 Å². The monoisotopic (exact) mass is 316 g/mol. The van der Waals surface area contributed by atoms with Crippen molar-refractivity contribution in [2.75, 3.05) is 0 Å². The third-order valence-corrected chi connectivity index (χ3v) is 4.03. The molecule has 0 nitrogen and oxygen atoms in total. The lowest BCUT2D eigenvalue weighted by molar-refractivity contribution is -0.137. The molecule has 0 saturated heterocycles. The molecular formula is C20H19F3. The minimum atomic E-state index is -4.29. The highest BCUT2D eigenvalue weighted by Gasteiger charge is 2.29. The van der Waals surface area contributed by atoms with Gasteiger partial charge >= 0.3 is 6.18 Å². The van der Waals surface area contributed by atoms with Gasteiger partial charge in [-0.2, -0.15) is 13.2 Å². The summed E-state index contributed by atoms with van der Waals surface area (Å²) >= 11 is 0. The van der Waals surface area contributed by atoms with Gasteiger partial charge in [0.05, 0.1) is 5.56 Å². The topological polar surface area (TPSA) is 0 Å². The first-order valence-corrected chi connectivity index (χ1v) is 7.37. The van der Waals surface area contributed by atoms with Crippen LogP contribution in [0.5, 0.6) is 0 Å². The molecular weight excluding hydrogens is 297 g/mol. The van der Waals surface area contributed by atoms with Crippen molar-refractivity contribution < 1.29 is 13.2 Å². The zero-order chi connectivity index (χ0) is 17.0. The van der Waals surface area contributed by atoms with Crippen molar-refractivity contribution >= 4 is 6.08 Å². The smallest absolute Gasteiger partial charge is 0.166 e. The molecule has 0 atom stereocenters. The lowest BCUT2D eigenvalue weighted by atomic mass is 9.93. The Bertz CT molecular complexity index is 720. The summed E-state index contributed by atoms with van der Waals surface area (Å²) in [6, 6.07) is 9.42. The highest BCUT2D eigenvalue weighted by atomic mass is 19.4. The summed E-state index contributed by atoms with van der Waals surface area (Å²) in [6.45, 7) is 7.75. The minimum absolute atomic E-state index is 0.612. The van der Waals surface area contributed by atoms with Crippen LogP contribution in [0.2, 0.25) is 0 Å². The van der Waals surface area contributed by atoms with Crippen LogP contribution in [-0.2, 0) is 12.6 Å². The van der Waals surface area contributed by atoms with E-state index in [1.165, 1.54) is 5.56 Å². The van der Waals surface area contributed by atoms with E-state index < -0.39 is 11.7 Å². The second-order valence-corrected chi connectivity index (χ2v) is 5.53. The Kier molecular flexibility index (Phi) is 5.09. The van der Waals surface area contributed by atoms with Crippen LogP contribution in [-0.4, -0.2) is 0 Å². The molecule has 2 aromatic carbocycles. The zero-order valence-electron chi connectivity index (χ0n) is 13.2. The largest absolute Gasteiger partial charge is 0.416 e. The van der Waals surface area contributed by atoms with Gasteiger partial charge in [-0.15, -0.1) is 0 Å². The van der Waals surface area contributed by atoms with E-state index >= 15 is 0 Å². The molecule has 0 N–H and O–H groups in total. The van der Waals surface area contributed by atoms with E-state index in [0.717, 1.165) is 34.4 Å². The molecule has 0 aromatic heterocycles. The van der Waals surface area contributed by atoms with Crippen molar-refractivity contribution in [3.05, 3.63) is 88.5 Å². The van der Waals surface area contributed by atoms with E-state index in [1.54, 1.807) is 18.2 Å². The van der Waals surface area contributed by atoms with E-state index in [-0.39, 0.29) is 0 Å². The van der Waals surface area contributed by atoms with Gasteiger partial charge in [0.25, 0.3) is 0 Å². The number of allylic oxidation sites excluding steroid dienone is 2. The molecule has 0 saturated carbocycles. The number of alkyl halides is 3. The SMILES string of the molecule is C=C/C=C\c1ccc(Cc2ccc(C(F)(F)F)cc2)c(C)c1C. The predicted molar refractivity (Wildman–Crippen MR) is 89.4 cm³/mol. The van der Waals surface area contributed by atoms with Crippen LogP contribution >= 0.6 is 0 Å². The molecule has 120 valence electrons. The van der Waals surface area contributed by atoms with Crippen LogP contribution < -0.4 is 0 Å². The van der Waals surface area contributed by atoms with Crippen molar-refractivity contribution in [2.45, 2.75) is 26.4 Å². The normalized spacial score (nSPS) is 11.9. The molecule has 0 aliphatic rings. The van der Waals surface area contributed by atoms with Crippen molar-refractivity contribution in [1.29, 1.82) is 0 Å². The molecule has 0 heterocycles. The van der Waals surface area contributed by atoms with E-state index in [2.05, 4.69) is 6.58 Å². The summed E-state index contributed by atoms with van der Waals surface area (Å²) in [7, 11) is 0. The molecule has 23 heavy (non-hydrogen) atoms. The maximum absolute atomic E-state index is 12.6. The molecule has 0 aliphatic heterocycles. The first-order valence-electron chi connectivity index (χ1n) is 7.37. The van der Waals surface area contributed by atoms with Crippen LogP contribution in [0.3, 0.4) is 0 Å². The fourth-order valence-corrected chi connectivity index (χ4v) is 2.47. The molecule has 2 aromatic rings. The Morgan fingerprint density at radius 1 is 0.957 bits per heavy atom. The fourth-order valence-electron chi connectivity index (χ4n) is 2.47. The quantitative estimate of drug-likeness (QED) is 0.597. The van der Waals surface area contributed by atoms with Crippen molar-refractivity contribution in [2.24, 2.45) is 0 Å². The standard InChI is InChI=1S/C20H19F3/c1-4-5-6-17-9-10-18(15(3)14(17)2)13-16-7-11-19(12-8-16)20(21,22)23/h4-12H,1,13H2,2-3H3/b6-5-. The minimum Gasteiger partial charge on any atom is -0.166 e. The molecule has 0 bridgehead atoms. The van der Waals surface area contributed by atoms with Crippen molar-refractivity contribution in [1.82, 2.24) is 0 Å². The third kappa shape index (κ3) is 4.13. The van der Waals surface area contributed by atoms with Gasteiger partial charge in [0.2, 0.25) is 0 Å². The fraction of sp³-hybridized carbons (Fsp3) is 0.200. The van der Waals surface area contributed by atoms with Gasteiger partial charge in [0, 0.05) is 0 Å². The number of hydrogen-bond donors (Lipinski definition) is 0. The maximum Gasteiger partial charge on any atom is 0.416 e. The van der Waals surface area contributed by atoms with E-state index in [1.807, 2.05) is 38.1 Å². The van der Waals surface area contributed by atoms with Gasteiger partial charge in [-0.3, -0.25) is 0 Å². The highest BCUT2D eigenvalue weighted by molar-refractivity contribution is 5.58. The van der Waals surface area contributed by atoms with Crippen LogP contribution in [0.4, 0.5) is 13.2 Å². The van der Waals surface area contributed by atoms with Crippen LogP contribution in [0.25, 0.3) is 6.08 Å². The summed E-state index contributed by atoms with van der Waals surface area (Å²) in [5, 5.41) is 0. The van der Waals surface area contributed by atoms with Crippen LogP contribution in [0, 0.1) is 13.8 Å². The average molecular weight is 316 g/mol. The number of halogens is 3. The first kappa shape index (κ1) is 17.1. The van der Waals surface area contributed by atoms with Gasteiger partial charge in [-0.05, 0) is 60.2 Å². The van der Waals surface area contributed by atoms with Crippen molar-refractivity contribution in [3.8, 4) is 0 Å². The predicted octanol–water partition coefficient (Wildman–Crippen LogP) is 6.11. The molecule has 3 heteroatoms. The summed E-state index contributed by atoms with van der Waals surface area (Å²) in [5.74, 6) is 0. The molecule has 0 spiro atoms. The summed E-state index contributed by atoms with van der Waals surface area (Å²) in [5.41, 5.74) is 4.84. The van der Waals surface area contributed by atoms with Gasteiger partial charge in [0.15, 0.2) is 0 Å². The Hall–Kier alpha value is -2.29. The number of rotatable bonds is 4. The van der Waals surface area contributed by atoms with Gasteiger partial charge in [-0.25, -0.2) is 0 Å². The van der Waals surface area contributed by atoms with Crippen LogP contribution in [0.15, 0.2) is 55.1 Å². The Morgan fingerprint density at radius 2 is 1.61 bits per heavy atom. The first-order chi connectivity index (χ1) is 10.8. The molecule has 0 radical (unpaired) electrons. The van der Waals surface area contributed by atoms with Gasteiger partial charge < -0.3 is 0 Å². The second kappa shape index (κ2) is 6.86. The molecule has 0 unspecified atom stereocenters. The Balaban J connectivity index is 2.25. The van der Waals surface area contributed by atoms with Crippen molar-refractivity contribution in [3.63, 3.8) is 0 Å². The summed E-state index contributed by atoms with van der Waals surface area (Å²) in [6.07, 6.45) is 1.94. The summed E-state index contributed by atoms with van der Waals surface area (Å²) < 4.78 is 37.8. The number of benzene rings is 2. The second-order valence-electron chi connectivity index (χ2n) is 5.53. The summed E-state index contributed by atoms with van der Waals surface area (Å²) in [4.78, 5) is 0. The maximum atomic E-state index is 12.6. The van der Waals surface area contributed by atoms with Gasteiger partial charge in [-0.1, -0.05) is 49.1 Å². The van der Waals surface area contributed by atoms with E-state index in [0.29, 0.717) is 6.42 Å². The third-order valence-electron chi connectivity index (χ3n) is 4.03. The van der Waals surface area contributed by atoms with Gasteiger partial charge in [0.1, 0.15) is 0 Å². The Labute approximate surface area is 135 Å². The molecule has 2 rings (SSSR count). The number of hydrogen-bond acceptors (Lipinski definition) is 0. The average Bonchev–Trinajstić information content (AvgIpc) is 2.51. The molecule has 0 fully saturated rings. The van der Waals surface area contributed by atoms with E-state index in [4.69, 9.17) is 0 Å². The Morgan fingerprint density at radius 3 is 2.17 bits per heavy atom.